The van der Waals surface area contributed by atoms with E-state index in [0.29, 0.717) is 5.82 Å². The van der Waals surface area contributed by atoms with Crippen LogP contribution in [0, 0.1) is 62.3 Å². The Labute approximate surface area is 370 Å². The molecule has 63 heavy (non-hydrogen) atoms. The highest BCUT2D eigenvalue weighted by Gasteiger charge is 1.80. The molecule has 9 aromatic heterocycles. The summed E-state index contributed by atoms with van der Waals surface area (Å²) >= 11 is 0. The van der Waals surface area contributed by atoms with Gasteiger partial charge in [-0.2, -0.15) is 20.4 Å². The summed E-state index contributed by atoms with van der Waals surface area (Å²) in [5.74, 6) is 1.53. The van der Waals surface area contributed by atoms with Crippen LogP contribution in [0.1, 0.15) is 51.1 Å². The summed E-state index contributed by atoms with van der Waals surface area (Å²) in [7, 11) is 0. The van der Waals surface area contributed by atoms with Gasteiger partial charge in [0, 0.05) is 92.4 Å². The molecule has 17 heteroatoms. The van der Waals surface area contributed by atoms with Crippen molar-refractivity contribution in [1.29, 1.82) is 0 Å². The molecule has 0 unspecified atom stereocenters. The molecule has 0 radical (unpaired) electrons. The third kappa shape index (κ3) is 35.5. The van der Waals surface area contributed by atoms with Crippen molar-refractivity contribution >= 4 is 0 Å². The molecule has 0 N–H and O–H groups in total. The van der Waals surface area contributed by atoms with Crippen molar-refractivity contribution in [1.82, 2.24) is 85.4 Å². The van der Waals surface area contributed by atoms with Gasteiger partial charge in [0.2, 0.25) is 0 Å². The lowest BCUT2D eigenvalue weighted by atomic mass is 10.3. The van der Waals surface area contributed by atoms with Gasteiger partial charge < -0.3 is 0 Å². The van der Waals surface area contributed by atoms with Crippen molar-refractivity contribution in [3.05, 3.63) is 224 Å². The average Bonchev–Trinajstić information content (AvgIpc) is 3.31. The van der Waals surface area contributed by atoms with Crippen LogP contribution in [0.4, 0.5) is 0 Å². The lowest BCUT2D eigenvalue weighted by Crippen LogP contribution is -1.85. The van der Waals surface area contributed by atoms with Crippen molar-refractivity contribution in [3.8, 4) is 0 Å². The third-order valence-corrected chi connectivity index (χ3v) is 6.44. The topological polar surface area (TPSA) is 219 Å². The van der Waals surface area contributed by atoms with Crippen LogP contribution in [-0.2, 0) is 0 Å². The molecule has 0 saturated carbocycles. The van der Waals surface area contributed by atoms with E-state index in [1.54, 1.807) is 106 Å². The fourth-order valence-electron chi connectivity index (χ4n) is 3.45. The summed E-state index contributed by atoms with van der Waals surface area (Å²) in [6.45, 7) is 17.3. The Morgan fingerprint density at radius 2 is 0.841 bits per heavy atom. The van der Waals surface area contributed by atoms with E-state index in [2.05, 4.69) is 85.4 Å². The maximum absolute atomic E-state index is 3.98. The van der Waals surface area contributed by atoms with E-state index < -0.39 is 0 Å². The monoisotopic (exact) mass is 845 g/mol. The summed E-state index contributed by atoms with van der Waals surface area (Å²) in [5, 5.41) is 21.7. The first-order valence-corrected chi connectivity index (χ1v) is 19.3. The molecule has 0 saturated heterocycles. The van der Waals surface area contributed by atoms with Crippen LogP contribution in [-0.4, -0.2) is 85.4 Å². The lowest BCUT2D eigenvalue weighted by molar-refractivity contribution is 0.907. The standard InChI is InChI=1S/3C6H7N.4C5H6N2.2C4H5N3/c1-6-2-4-7-5-3-6;1-6-3-2-4-7-5-6;1-6-4-2-3-5-7-6;1-5-2-6-4-7-3-5;1-5-4-6-2-3-7-5;1-5-6-3-2-4-7-5;1-5-3-2-4-6-7-5;1-4-2-5-3-6-7-4;1-4-5-2-3-6-7-4/h3*2-5H,1H3;4*2-4H,1H3;2*2-3H,1H3. The van der Waals surface area contributed by atoms with Gasteiger partial charge in [0.1, 0.15) is 24.3 Å². The smallest absolute Gasteiger partial charge is 0.147 e. The quantitative estimate of drug-likeness (QED) is 0.143. The second-order valence-electron chi connectivity index (χ2n) is 12.4. The van der Waals surface area contributed by atoms with Gasteiger partial charge >= 0.3 is 0 Å². The minimum Gasteiger partial charge on any atom is -0.265 e. The molecule has 0 aliphatic carbocycles. The molecule has 9 rings (SSSR count). The molecule has 0 amide bonds. The van der Waals surface area contributed by atoms with Crippen molar-refractivity contribution < 1.29 is 0 Å². The highest BCUT2D eigenvalue weighted by molar-refractivity contribution is 5.06. The van der Waals surface area contributed by atoms with Crippen LogP contribution in [0.3, 0.4) is 0 Å². The zero-order valence-corrected chi connectivity index (χ0v) is 37.3. The molecular formula is C46H55N17. The molecule has 9 aromatic rings. The number of aryl methyl sites for hydroxylation is 9. The van der Waals surface area contributed by atoms with Gasteiger partial charge in [-0.05, 0) is 128 Å². The first-order valence-electron chi connectivity index (χ1n) is 19.3. The first-order chi connectivity index (χ1) is 30.5. The zero-order valence-electron chi connectivity index (χ0n) is 37.3. The van der Waals surface area contributed by atoms with Gasteiger partial charge in [-0.15, -0.1) is 10.2 Å². The second kappa shape index (κ2) is 36.8. The third-order valence-electron chi connectivity index (χ3n) is 6.44. The van der Waals surface area contributed by atoms with Gasteiger partial charge in [0.15, 0.2) is 0 Å². The molecular weight excluding hydrogens is 791 g/mol. The van der Waals surface area contributed by atoms with Crippen LogP contribution in [0.25, 0.3) is 0 Å². The number of hydrogen-bond acceptors (Lipinski definition) is 17. The molecule has 0 bridgehead atoms. The van der Waals surface area contributed by atoms with Crippen LogP contribution in [0.15, 0.2) is 172 Å². The fourth-order valence-corrected chi connectivity index (χ4v) is 3.45. The molecule has 9 heterocycles. The number of aromatic nitrogens is 17. The molecule has 17 nitrogen and oxygen atoms in total. The van der Waals surface area contributed by atoms with E-state index in [1.165, 1.54) is 23.8 Å². The Morgan fingerprint density at radius 3 is 1.13 bits per heavy atom. The maximum atomic E-state index is 3.98. The number of pyridine rings is 3. The SMILES string of the molecule is Cc1ccccn1.Cc1cccnc1.Cc1cccnn1.Cc1ccncc1.Cc1cnccn1.Cc1cncnc1.Cc1cncnn1.Cc1ncccn1.Cc1nccnn1. The van der Waals surface area contributed by atoms with Gasteiger partial charge in [-0.1, -0.05) is 12.1 Å². The Morgan fingerprint density at radius 1 is 0.270 bits per heavy atom. The normalized spacial score (nSPS) is 8.71. The Hall–Kier alpha value is -8.21. The predicted molar refractivity (Wildman–Crippen MR) is 243 cm³/mol. The summed E-state index contributed by atoms with van der Waals surface area (Å²) in [5.41, 5.74) is 7.41. The Balaban J connectivity index is 0.000000354. The second-order valence-corrected chi connectivity index (χ2v) is 12.4. The van der Waals surface area contributed by atoms with E-state index in [9.17, 15) is 0 Å². The molecule has 0 aliphatic heterocycles. The molecule has 0 spiro atoms. The Bertz CT molecular complexity index is 1760. The average molecular weight is 846 g/mol. The van der Waals surface area contributed by atoms with Crippen LogP contribution in [0.2, 0.25) is 0 Å². The number of rotatable bonds is 0. The van der Waals surface area contributed by atoms with Gasteiger partial charge in [-0.25, -0.2) is 29.9 Å². The van der Waals surface area contributed by atoms with E-state index in [4.69, 9.17) is 0 Å². The van der Waals surface area contributed by atoms with Crippen LogP contribution in [0.5, 0.6) is 0 Å². The van der Waals surface area contributed by atoms with Crippen molar-refractivity contribution in [2.75, 3.05) is 0 Å². The van der Waals surface area contributed by atoms with Crippen molar-refractivity contribution in [2.24, 2.45) is 0 Å². The molecule has 0 aromatic carbocycles. The molecule has 324 valence electrons. The largest absolute Gasteiger partial charge is 0.265 e. The highest BCUT2D eigenvalue weighted by atomic mass is 15.1. The molecule has 0 atom stereocenters. The zero-order chi connectivity index (χ0) is 46.0. The number of hydrogen-bond donors (Lipinski definition) is 0. The van der Waals surface area contributed by atoms with Crippen molar-refractivity contribution in [2.45, 2.75) is 62.3 Å². The summed E-state index contributed by atoms with van der Waals surface area (Å²) in [6.07, 6.45) is 30.4. The minimum atomic E-state index is 0.711. The van der Waals surface area contributed by atoms with Crippen LogP contribution < -0.4 is 0 Å². The molecule has 0 fully saturated rings. The summed E-state index contributed by atoms with van der Waals surface area (Å²) in [6, 6.07) is 19.3. The van der Waals surface area contributed by atoms with E-state index >= 15 is 0 Å². The predicted octanol–water partition coefficient (Wildman–Crippen LogP) is 7.67. The van der Waals surface area contributed by atoms with E-state index in [-0.39, 0.29) is 0 Å². The van der Waals surface area contributed by atoms with Crippen molar-refractivity contribution in [3.63, 3.8) is 0 Å². The molecule has 0 aliphatic rings. The number of nitrogens with zero attached hydrogens (tertiary/aromatic N) is 17. The van der Waals surface area contributed by atoms with E-state index in [1.807, 2.05) is 116 Å². The first kappa shape index (κ1) is 52.8. The van der Waals surface area contributed by atoms with E-state index in [0.717, 1.165) is 34.2 Å². The summed E-state index contributed by atoms with van der Waals surface area (Å²) < 4.78 is 0. The van der Waals surface area contributed by atoms with Gasteiger partial charge in [-0.3, -0.25) is 24.9 Å². The minimum absolute atomic E-state index is 0.711. The van der Waals surface area contributed by atoms with Gasteiger partial charge in [0.25, 0.3) is 0 Å². The highest BCUT2D eigenvalue weighted by Crippen LogP contribution is 1.90. The maximum Gasteiger partial charge on any atom is 0.147 e. The lowest BCUT2D eigenvalue weighted by Gasteiger charge is -1.82. The fraction of sp³-hybridized carbons (Fsp3) is 0.196. The van der Waals surface area contributed by atoms with Gasteiger partial charge in [0.05, 0.1) is 29.5 Å². The Kier molecular flexibility index (Phi) is 30.9. The van der Waals surface area contributed by atoms with Crippen LogP contribution >= 0.6 is 0 Å². The summed E-state index contributed by atoms with van der Waals surface area (Å²) in [4.78, 5) is 42.2.